The number of nitrogens with zero attached hydrogens (tertiary/aromatic N) is 3. The van der Waals surface area contributed by atoms with Crippen molar-refractivity contribution in [3.63, 3.8) is 0 Å². The van der Waals surface area contributed by atoms with Crippen LogP contribution in [0.15, 0.2) is 14.2 Å². The molecule has 0 spiro atoms. The van der Waals surface area contributed by atoms with Crippen molar-refractivity contribution >= 4 is 15.9 Å². The molecular formula is C11H15BrF3N3O2. The summed E-state index contributed by atoms with van der Waals surface area (Å²) < 4.78 is 38.0. The van der Waals surface area contributed by atoms with Crippen LogP contribution in [-0.4, -0.2) is 20.5 Å². The maximum absolute atomic E-state index is 12.1. The number of aromatic nitrogens is 3. The van der Waals surface area contributed by atoms with Crippen LogP contribution in [0.25, 0.3) is 0 Å². The maximum atomic E-state index is 12.1. The van der Waals surface area contributed by atoms with Gasteiger partial charge in [-0.3, -0.25) is 9.36 Å². The average molecular weight is 358 g/mol. The van der Waals surface area contributed by atoms with Gasteiger partial charge in [0.1, 0.15) is 0 Å². The summed E-state index contributed by atoms with van der Waals surface area (Å²) in [6.45, 7) is 1.96. The van der Waals surface area contributed by atoms with Crippen molar-refractivity contribution in [3.05, 3.63) is 25.4 Å². The van der Waals surface area contributed by atoms with E-state index in [0.717, 1.165) is 15.7 Å². The average Bonchev–Trinajstić information content (AvgIpc) is 2.34. The molecule has 5 nitrogen and oxygen atoms in total. The highest BCUT2D eigenvalue weighted by atomic mass is 79.9. The maximum Gasteiger partial charge on any atom is 0.389 e. The fraction of sp³-hybridized carbons (Fsp3) is 0.727. The molecule has 0 saturated heterocycles. The van der Waals surface area contributed by atoms with Crippen molar-refractivity contribution in [1.29, 1.82) is 0 Å². The van der Waals surface area contributed by atoms with Crippen LogP contribution < -0.4 is 11.2 Å². The molecule has 114 valence electrons. The van der Waals surface area contributed by atoms with Gasteiger partial charge in [-0.25, -0.2) is 9.48 Å². The van der Waals surface area contributed by atoms with Gasteiger partial charge in [0.2, 0.25) is 0 Å². The molecule has 0 saturated carbocycles. The van der Waals surface area contributed by atoms with Crippen molar-refractivity contribution in [2.45, 2.75) is 51.9 Å². The first-order chi connectivity index (χ1) is 9.26. The van der Waals surface area contributed by atoms with Crippen LogP contribution in [0.5, 0.6) is 0 Å². The Morgan fingerprint density at radius 2 is 1.85 bits per heavy atom. The van der Waals surface area contributed by atoms with Gasteiger partial charge in [-0.15, -0.1) is 0 Å². The highest BCUT2D eigenvalue weighted by Gasteiger charge is 2.26. The zero-order valence-corrected chi connectivity index (χ0v) is 12.5. The van der Waals surface area contributed by atoms with E-state index in [9.17, 15) is 22.8 Å². The van der Waals surface area contributed by atoms with E-state index in [4.69, 9.17) is 0 Å². The van der Waals surface area contributed by atoms with Gasteiger partial charge in [-0.1, -0.05) is 13.3 Å². The molecule has 1 aromatic rings. The van der Waals surface area contributed by atoms with Crippen molar-refractivity contribution in [2.75, 3.05) is 0 Å². The third kappa shape index (κ3) is 4.77. The SMILES string of the molecule is CCCCn1c(=O)c(Br)nn(CCCC(F)(F)F)c1=O. The molecule has 1 aromatic heterocycles. The predicted octanol–water partition coefficient (Wildman–Crippen LogP) is 2.31. The van der Waals surface area contributed by atoms with Gasteiger partial charge in [0, 0.05) is 19.5 Å². The quantitative estimate of drug-likeness (QED) is 0.784. The van der Waals surface area contributed by atoms with Gasteiger partial charge >= 0.3 is 11.9 Å². The summed E-state index contributed by atoms with van der Waals surface area (Å²) in [5.41, 5.74) is -1.23. The molecule has 0 aromatic carbocycles. The van der Waals surface area contributed by atoms with Crippen molar-refractivity contribution in [1.82, 2.24) is 14.3 Å². The molecule has 0 aliphatic carbocycles. The van der Waals surface area contributed by atoms with Crippen molar-refractivity contribution in [2.24, 2.45) is 0 Å². The summed E-state index contributed by atoms with van der Waals surface area (Å²) in [5.74, 6) is 0. The minimum atomic E-state index is -4.27. The Morgan fingerprint density at radius 3 is 2.40 bits per heavy atom. The molecule has 9 heteroatoms. The number of hydrogen-bond acceptors (Lipinski definition) is 3. The second-order valence-electron chi connectivity index (χ2n) is 4.33. The highest BCUT2D eigenvalue weighted by molar-refractivity contribution is 9.10. The molecule has 0 aliphatic rings. The normalized spacial score (nSPS) is 11.8. The Bertz CT molecular complexity index is 566. The molecule has 1 rings (SSSR count). The first kappa shape index (κ1) is 16.9. The van der Waals surface area contributed by atoms with E-state index >= 15 is 0 Å². The molecule has 0 fully saturated rings. The fourth-order valence-electron chi connectivity index (χ4n) is 1.62. The van der Waals surface area contributed by atoms with Crippen molar-refractivity contribution < 1.29 is 13.2 Å². The molecule has 0 amide bonds. The van der Waals surface area contributed by atoms with E-state index in [1.54, 1.807) is 0 Å². The third-order valence-corrected chi connectivity index (χ3v) is 3.15. The number of rotatable bonds is 6. The minimum Gasteiger partial charge on any atom is -0.266 e. The van der Waals surface area contributed by atoms with Crippen LogP contribution in [0, 0.1) is 0 Å². The Balaban J connectivity index is 2.95. The molecule has 0 atom stereocenters. The summed E-state index contributed by atoms with van der Waals surface area (Å²) in [6.07, 6.45) is -4.09. The molecule has 0 bridgehead atoms. The minimum absolute atomic E-state index is 0.0692. The van der Waals surface area contributed by atoms with Gasteiger partial charge in [0.25, 0.3) is 5.56 Å². The summed E-state index contributed by atoms with van der Waals surface area (Å²) >= 11 is 2.93. The summed E-state index contributed by atoms with van der Waals surface area (Å²) in [4.78, 5) is 23.7. The lowest BCUT2D eigenvalue weighted by atomic mass is 10.3. The molecule has 0 aliphatic heterocycles. The monoisotopic (exact) mass is 357 g/mol. The van der Waals surface area contributed by atoms with Gasteiger partial charge in [0.15, 0.2) is 4.60 Å². The van der Waals surface area contributed by atoms with Gasteiger partial charge < -0.3 is 0 Å². The Kier molecular flexibility index (Phi) is 5.97. The lowest BCUT2D eigenvalue weighted by Gasteiger charge is -2.10. The second kappa shape index (κ2) is 7.05. The molecule has 0 N–H and O–H groups in total. The Hall–Kier alpha value is -1.12. The standard InChI is InChI=1S/C11H15BrF3N3O2/c1-2-3-6-17-9(19)8(12)16-18(10(17)20)7-4-5-11(13,14)15/h2-7H2,1H3. The number of aryl methyl sites for hydroxylation is 1. The summed E-state index contributed by atoms with van der Waals surface area (Å²) in [7, 11) is 0. The smallest absolute Gasteiger partial charge is 0.266 e. The molecule has 20 heavy (non-hydrogen) atoms. The lowest BCUT2D eigenvalue weighted by Crippen LogP contribution is -2.42. The first-order valence-electron chi connectivity index (χ1n) is 6.20. The summed E-state index contributed by atoms with van der Waals surface area (Å²) in [6, 6.07) is 0. The number of alkyl halides is 3. The predicted molar refractivity (Wildman–Crippen MR) is 70.7 cm³/mol. The van der Waals surface area contributed by atoms with E-state index in [-0.39, 0.29) is 24.1 Å². The fourth-order valence-corrected chi connectivity index (χ4v) is 2.02. The molecular weight excluding hydrogens is 343 g/mol. The van der Waals surface area contributed by atoms with Crippen LogP contribution in [0.2, 0.25) is 0 Å². The molecule has 0 unspecified atom stereocenters. The lowest BCUT2D eigenvalue weighted by molar-refractivity contribution is -0.136. The number of hydrogen-bond donors (Lipinski definition) is 0. The van der Waals surface area contributed by atoms with E-state index < -0.39 is 23.8 Å². The summed E-state index contributed by atoms with van der Waals surface area (Å²) in [5, 5.41) is 3.68. The van der Waals surface area contributed by atoms with Crippen LogP contribution in [-0.2, 0) is 13.1 Å². The van der Waals surface area contributed by atoms with Crippen LogP contribution >= 0.6 is 15.9 Å². The van der Waals surface area contributed by atoms with Gasteiger partial charge in [-0.2, -0.15) is 18.3 Å². The van der Waals surface area contributed by atoms with E-state index in [1.807, 2.05) is 6.92 Å². The number of unbranched alkanes of at least 4 members (excludes halogenated alkanes) is 1. The van der Waals surface area contributed by atoms with Gasteiger partial charge in [-0.05, 0) is 28.8 Å². The zero-order valence-electron chi connectivity index (χ0n) is 10.9. The third-order valence-electron chi connectivity index (χ3n) is 2.65. The van der Waals surface area contributed by atoms with Crippen LogP contribution in [0.3, 0.4) is 0 Å². The highest BCUT2D eigenvalue weighted by Crippen LogP contribution is 2.21. The van der Waals surface area contributed by atoms with Crippen LogP contribution in [0.1, 0.15) is 32.6 Å². The van der Waals surface area contributed by atoms with Crippen molar-refractivity contribution in [3.8, 4) is 0 Å². The largest absolute Gasteiger partial charge is 0.389 e. The Labute approximate surface area is 121 Å². The molecule has 0 radical (unpaired) electrons. The first-order valence-corrected chi connectivity index (χ1v) is 6.99. The zero-order chi connectivity index (χ0) is 15.3. The number of halogens is 4. The van der Waals surface area contributed by atoms with E-state index in [0.29, 0.717) is 6.42 Å². The second-order valence-corrected chi connectivity index (χ2v) is 5.08. The van der Waals surface area contributed by atoms with E-state index in [2.05, 4.69) is 21.0 Å². The van der Waals surface area contributed by atoms with E-state index in [1.165, 1.54) is 0 Å². The topological polar surface area (TPSA) is 56.9 Å². The molecule has 1 heterocycles. The Morgan fingerprint density at radius 1 is 1.20 bits per heavy atom. The van der Waals surface area contributed by atoms with Crippen LogP contribution in [0.4, 0.5) is 13.2 Å². The van der Waals surface area contributed by atoms with Gasteiger partial charge in [0.05, 0.1) is 0 Å².